The number of nitrogens with one attached hydrogen (secondary N) is 1. The molecule has 0 saturated heterocycles. The topological polar surface area (TPSA) is 80.3 Å². The van der Waals surface area contributed by atoms with E-state index in [0.29, 0.717) is 18.2 Å². The third kappa shape index (κ3) is 6.82. The lowest BCUT2D eigenvalue weighted by atomic mass is 9.98. The first-order valence-corrected chi connectivity index (χ1v) is 9.62. The fourth-order valence-corrected chi connectivity index (χ4v) is 5.56. The Kier molecular flexibility index (Phi) is 5.91. The third-order valence-electron chi connectivity index (χ3n) is 2.20. The molecule has 1 unspecified atom stereocenters. The van der Waals surface area contributed by atoms with Crippen molar-refractivity contribution in [3.63, 3.8) is 0 Å². The zero-order chi connectivity index (χ0) is 13.0. The van der Waals surface area contributed by atoms with Gasteiger partial charge in [0, 0.05) is 17.1 Å². The molecule has 0 rings (SSSR count). The summed E-state index contributed by atoms with van der Waals surface area (Å²) in [6, 6.07) is 0. The van der Waals surface area contributed by atoms with Gasteiger partial charge in [0.25, 0.3) is 0 Å². The maximum Gasteiger partial charge on any atom is 0.226 e. The zero-order valence-corrected chi connectivity index (χ0v) is 12.9. The lowest BCUT2D eigenvalue weighted by Gasteiger charge is -2.28. The number of alkyl halides is 1. The summed E-state index contributed by atoms with van der Waals surface area (Å²) in [5.41, 5.74) is -0.604. The van der Waals surface area contributed by atoms with Crippen molar-refractivity contribution in [2.45, 2.75) is 32.2 Å². The van der Waals surface area contributed by atoms with Crippen LogP contribution in [-0.2, 0) is 19.9 Å². The van der Waals surface area contributed by atoms with Gasteiger partial charge >= 0.3 is 0 Å². The molecule has 0 heterocycles. The Bertz CT molecular complexity index is 417. The van der Waals surface area contributed by atoms with E-state index in [1.54, 1.807) is 6.92 Å². The molecule has 0 aromatic carbocycles. The van der Waals surface area contributed by atoms with Crippen LogP contribution in [0.3, 0.4) is 0 Å². The first-order valence-electron chi connectivity index (χ1n) is 4.79. The van der Waals surface area contributed by atoms with Gasteiger partial charge in [-0.3, -0.25) is 0 Å². The number of rotatable bonds is 7. The van der Waals surface area contributed by atoms with Crippen molar-refractivity contribution in [3.8, 4) is 0 Å². The smallest absolute Gasteiger partial charge is 0.226 e. The Morgan fingerprint density at radius 2 is 1.75 bits per heavy atom. The van der Waals surface area contributed by atoms with Crippen LogP contribution in [0.15, 0.2) is 0 Å². The molecule has 8 heteroatoms. The van der Waals surface area contributed by atoms with Crippen molar-refractivity contribution in [2.24, 2.45) is 0 Å². The van der Waals surface area contributed by atoms with Gasteiger partial charge < -0.3 is 0 Å². The quantitative estimate of drug-likeness (QED) is 0.700. The highest BCUT2D eigenvalue weighted by Gasteiger charge is 2.29. The summed E-state index contributed by atoms with van der Waals surface area (Å²) in [6.07, 6.45) is 2.11. The van der Waals surface area contributed by atoms with Gasteiger partial charge in [-0.25, -0.2) is 21.6 Å². The molecule has 0 aromatic rings. The van der Waals surface area contributed by atoms with Crippen molar-refractivity contribution < 1.29 is 16.8 Å². The van der Waals surface area contributed by atoms with Gasteiger partial charge in [-0.1, -0.05) is 22.9 Å². The lowest BCUT2D eigenvalue weighted by molar-refractivity contribution is 0.393. The van der Waals surface area contributed by atoms with Gasteiger partial charge in [0.05, 0.1) is 0 Å². The van der Waals surface area contributed by atoms with Gasteiger partial charge in [0.15, 0.2) is 14.9 Å². The maximum absolute atomic E-state index is 11.6. The minimum absolute atomic E-state index is 0.599. The van der Waals surface area contributed by atoms with Crippen LogP contribution in [0.4, 0.5) is 0 Å². The number of hydrogen-bond donors (Lipinski definition) is 1. The second-order valence-corrected chi connectivity index (χ2v) is 9.13. The van der Waals surface area contributed by atoms with Crippen molar-refractivity contribution in [3.05, 3.63) is 0 Å². The molecule has 5 nitrogen and oxygen atoms in total. The van der Waals surface area contributed by atoms with Crippen LogP contribution in [0, 0.1) is 0 Å². The second-order valence-electron chi connectivity index (χ2n) is 4.11. The highest BCUT2D eigenvalue weighted by molar-refractivity contribution is 9.09. The summed E-state index contributed by atoms with van der Waals surface area (Å²) in [5, 5.41) is -0.212. The van der Waals surface area contributed by atoms with Crippen LogP contribution in [0.1, 0.15) is 26.7 Å². The van der Waals surface area contributed by atoms with E-state index in [4.69, 9.17) is 0 Å². The fraction of sp³-hybridized carbons (Fsp3) is 1.00. The van der Waals surface area contributed by atoms with Crippen molar-refractivity contribution >= 4 is 35.8 Å². The van der Waals surface area contributed by atoms with E-state index in [1.807, 2.05) is 6.92 Å². The molecular formula is C8H18BrNO4S2. The highest BCUT2D eigenvalue weighted by Crippen LogP contribution is 2.17. The van der Waals surface area contributed by atoms with Crippen molar-refractivity contribution in [1.29, 1.82) is 0 Å². The molecular weight excluding hydrogens is 318 g/mol. The normalized spacial score (nSPS) is 17.0. The Labute approximate surface area is 106 Å². The lowest BCUT2D eigenvalue weighted by Crippen LogP contribution is -2.47. The maximum atomic E-state index is 11.6. The number of sulfonamides is 1. The summed E-state index contributed by atoms with van der Waals surface area (Å²) < 4.78 is 47.5. The van der Waals surface area contributed by atoms with Gasteiger partial charge in [-0.15, -0.1) is 0 Å². The molecule has 16 heavy (non-hydrogen) atoms. The minimum atomic E-state index is -3.79. The zero-order valence-electron chi connectivity index (χ0n) is 9.66. The van der Waals surface area contributed by atoms with Crippen LogP contribution in [-0.4, -0.2) is 39.0 Å². The highest BCUT2D eigenvalue weighted by atomic mass is 79.9. The van der Waals surface area contributed by atoms with E-state index in [9.17, 15) is 16.8 Å². The van der Waals surface area contributed by atoms with Crippen LogP contribution in [0.25, 0.3) is 0 Å². The molecule has 0 bridgehead atoms. The summed E-state index contributed by atoms with van der Waals surface area (Å²) >= 11 is 3.24. The molecule has 1 atom stereocenters. The van der Waals surface area contributed by atoms with E-state index in [-0.39, 0.29) is 0 Å². The van der Waals surface area contributed by atoms with E-state index in [2.05, 4.69) is 20.7 Å². The molecule has 0 aliphatic carbocycles. The molecule has 0 saturated carbocycles. The second kappa shape index (κ2) is 5.79. The molecule has 0 amide bonds. The van der Waals surface area contributed by atoms with E-state index < -0.39 is 30.5 Å². The molecule has 0 radical (unpaired) electrons. The summed E-state index contributed by atoms with van der Waals surface area (Å²) in [6.45, 7) is 3.61. The average Bonchev–Trinajstić information content (AvgIpc) is 1.98. The predicted octanol–water partition coefficient (Wildman–Crippen LogP) is 0.862. The first-order chi connectivity index (χ1) is 7.04. The number of halogens is 1. The molecule has 98 valence electrons. The van der Waals surface area contributed by atoms with E-state index in [1.165, 1.54) is 0 Å². The molecule has 1 N–H and O–H groups in total. The van der Waals surface area contributed by atoms with Crippen LogP contribution >= 0.6 is 15.9 Å². The van der Waals surface area contributed by atoms with E-state index >= 15 is 0 Å². The van der Waals surface area contributed by atoms with Gasteiger partial charge in [-0.2, -0.15) is 0 Å². The molecule has 0 aliphatic heterocycles. The number of sulfone groups is 1. The molecule has 0 aliphatic rings. The monoisotopic (exact) mass is 335 g/mol. The Morgan fingerprint density at radius 1 is 1.25 bits per heavy atom. The Balaban J connectivity index is 4.82. The Hall–Kier alpha value is 0.340. The standard InChI is InChI=1S/C8H18BrNO4S2/c1-4-8(2,5-6-9)10-16(13,14)7-15(3,11)12/h10H,4-7H2,1-3H3. The molecule has 0 aromatic heterocycles. The SMILES string of the molecule is CCC(C)(CCBr)NS(=O)(=O)CS(C)(=O)=O. The van der Waals surface area contributed by atoms with Crippen LogP contribution < -0.4 is 4.72 Å². The van der Waals surface area contributed by atoms with Crippen LogP contribution in [0.5, 0.6) is 0 Å². The minimum Gasteiger partial charge on any atom is -0.228 e. The summed E-state index contributed by atoms with van der Waals surface area (Å²) in [4.78, 5) is 0. The first kappa shape index (κ1) is 16.3. The summed E-state index contributed by atoms with van der Waals surface area (Å²) in [7, 11) is -7.33. The van der Waals surface area contributed by atoms with Crippen molar-refractivity contribution in [1.82, 2.24) is 4.72 Å². The molecule has 0 fully saturated rings. The summed E-state index contributed by atoms with van der Waals surface area (Å²) in [5.74, 6) is 0. The number of hydrogen-bond acceptors (Lipinski definition) is 4. The van der Waals surface area contributed by atoms with Gasteiger partial charge in [0.2, 0.25) is 10.0 Å². The average molecular weight is 336 g/mol. The van der Waals surface area contributed by atoms with Gasteiger partial charge in [-0.05, 0) is 19.8 Å². The van der Waals surface area contributed by atoms with Gasteiger partial charge in [0.1, 0.15) is 0 Å². The molecule has 0 spiro atoms. The third-order valence-corrected chi connectivity index (χ3v) is 6.35. The van der Waals surface area contributed by atoms with E-state index in [0.717, 1.165) is 6.26 Å². The Morgan fingerprint density at radius 3 is 2.06 bits per heavy atom. The van der Waals surface area contributed by atoms with Crippen molar-refractivity contribution in [2.75, 3.05) is 16.7 Å². The predicted molar refractivity (Wildman–Crippen MR) is 68.9 cm³/mol. The largest absolute Gasteiger partial charge is 0.228 e. The van der Waals surface area contributed by atoms with Crippen LogP contribution in [0.2, 0.25) is 0 Å². The fourth-order valence-electron chi connectivity index (χ4n) is 1.20.